The highest BCUT2D eigenvalue weighted by Gasteiger charge is 2.04. The molecule has 0 radical (unpaired) electrons. The second kappa shape index (κ2) is 15.9. The summed E-state index contributed by atoms with van der Waals surface area (Å²) in [5.41, 5.74) is 0. The van der Waals surface area contributed by atoms with E-state index in [4.69, 9.17) is 9.47 Å². The number of aldehydes is 4. The standard InChI is InChI=1S/C14H24N2O6/c17-7-1-15(2-8-18)5-11-21-13-14-22-12-6-16(3-9-19)4-10-20/h7-10H,1-6,11-14H2. The van der Waals surface area contributed by atoms with Crippen molar-refractivity contribution in [2.24, 2.45) is 0 Å². The average Bonchev–Trinajstić information content (AvgIpc) is 2.50. The van der Waals surface area contributed by atoms with E-state index in [9.17, 15) is 19.2 Å². The minimum atomic E-state index is 0.210. The van der Waals surface area contributed by atoms with Gasteiger partial charge in [0, 0.05) is 13.1 Å². The molecule has 0 N–H and O–H groups in total. The minimum absolute atomic E-state index is 0.210. The van der Waals surface area contributed by atoms with Crippen LogP contribution in [0.2, 0.25) is 0 Å². The summed E-state index contributed by atoms with van der Waals surface area (Å²) in [4.78, 5) is 44.9. The summed E-state index contributed by atoms with van der Waals surface area (Å²) >= 11 is 0. The molecular weight excluding hydrogens is 292 g/mol. The maximum atomic E-state index is 10.4. The van der Waals surface area contributed by atoms with Crippen LogP contribution in [0.4, 0.5) is 0 Å². The number of ether oxygens (including phenoxy) is 2. The quantitative estimate of drug-likeness (QED) is 0.234. The van der Waals surface area contributed by atoms with Gasteiger partial charge in [-0.2, -0.15) is 0 Å². The van der Waals surface area contributed by atoms with Crippen LogP contribution < -0.4 is 0 Å². The summed E-state index contributed by atoms with van der Waals surface area (Å²) in [6, 6.07) is 0. The van der Waals surface area contributed by atoms with Crippen molar-refractivity contribution in [2.75, 3.05) is 65.7 Å². The molecule has 126 valence electrons. The Morgan fingerprint density at radius 2 is 0.864 bits per heavy atom. The van der Waals surface area contributed by atoms with Crippen LogP contribution in [0.25, 0.3) is 0 Å². The Morgan fingerprint density at radius 1 is 0.545 bits per heavy atom. The molecule has 0 aliphatic carbocycles. The zero-order valence-corrected chi connectivity index (χ0v) is 12.7. The number of rotatable bonds is 17. The van der Waals surface area contributed by atoms with Gasteiger partial charge in [0.15, 0.2) is 0 Å². The van der Waals surface area contributed by atoms with Crippen molar-refractivity contribution >= 4 is 25.1 Å². The first-order chi connectivity index (χ1) is 10.8. The highest BCUT2D eigenvalue weighted by Crippen LogP contribution is 1.88. The fourth-order valence-electron chi connectivity index (χ4n) is 1.65. The van der Waals surface area contributed by atoms with Crippen molar-refractivity contribution in [1.82, 2.24) is 9.80 Å². The average molecular weight is 316 g/mol. The SMILES string of the molecule is O=CCN(CC=O)CCOCCOCCN(CC=O)CC=O. The van der Waals surface area contributed by atoms with Crippen LogP contribution in [-0.2, 0) is 28.7 Å². The van der Waals surface area contributed by atoms with Gasteiger partial charge in [0.25, 0.3) is 0 Å². The van der Waals surface area contributed by atoms with E-state index >= 15 is 0 Å². The highest BCUT2D eigenvalue weighted by atomic mass is 16.5. The molecule has 0 bridgehead atoms. The smallest absolute Gasteiger partial charge is 0.133 e. The monoisotopic (exact) mass is 316 g/mol. The van der Waals surface area contributed by atoms with E-state index in [2.05, 4.69) is 0 Å². The molecule has 0 unspecified atom stereocenters. The van der Waals surface area contributed by atoms with E-state index in [1.807, 2.05) is 0 Å². The third kappa shape index (κ3) is 12.3. The Bertz CT molecular complexity index is 264. The van der Waals surface area contributed by atoms with E-state index in [1.165, 1.54) is 0 Å². The third-order valence-corrected chi connectivity index (χ3v) is 2.81. The van der Waals surface area contributed by atoms with Crippen molar-refractivity contribution in [1.29, 1.82) is 0 Å². The Labute approximate surface area is 130 Å². The fraction of sp³-hybridized carbons (Fsp3) is 0.714. The van der Waals surface area contributed by atoms with Crippen molar-refractivity contribution in [3.05, 3.63) is 0 Å². The highest BCUT2D eigenvalue weighted by molar-refractivity contribution is 5.56. The number of nitrogens with zero attached hydrogens (tertiary/aromatic N) is 2. The summed E-state index contributed by atoms with van der Waals surface area (Å²) < 4.78 is 10.7. The molecule has 0 amide bonds. The van der Waals surface area contributed by atoms with Gasteiger partial charge in [-0.25, -0.2) is 0 Å². The van der Waals surface area contributed by atoms with E-state index in [0.717, 1.165) is 25.1 Å². The minimum Gasteiger partial charge on any atom is -0.378 e. The normalized spacial score (nSPS) is 10.8. The first kappa shape index (κ1) is 20.5. The molecule has 0 aromatic heterocycles. The molecule has 0 fully saturated rings. The van der Waals surface area contributed by atoms with Gasteiger partial charge in [0.2, 0.25) is 0 Å². The lowest BCUT2D eigenvalue weighted by Gasteiger charge is -2.17. The van der Waals surface area contributed by atoms with Crippen LogP contribution >= 0.6 is 0 Å². The molecule has 0 rings (SSSR count). The maximum Gasteiger partial charge on any atom is 0.133 e. The molecule has 0 atom stereocenters. The van der Waals surface area contributed by atoms with E-state index in [-0.39, 0.29) is 26.2 Å². The Kier molecular flexibility index (Phi) is 14.8. The summed E-state index contributed by atoms with van der Waals surface area (Å²) in [5, 5.41) is 0. The maximum absolute atomic E-state index is 10.4. The van der Waals surface area contributed by atoms with Gasteiger partial charge < -0.3 is 28.7 Å². The second-order valence-electron chi connectivity index (χ2n) is 4.41. The van der Waals surface area contributed by atoms with E-state index < -0.39 is 0 Å². The first-order valence-electron chi connectivity index (χ1n) is 7.13. The molecule has 0 aliphatic heterocycles. The Morgan fingerprint density at radius 3 is 1.14 bits per heavy atom. The van der Waals surface area contributed by atoms with Gasteiger partial charge in [-0.15, -0.1) is 0 Å². The Hall–Kier alpha value is -1.48. The molecule has 0 saturated carbocycles. The summed E-state index contributed by atoms with van der Waals surface area (Å²) in [6.45, 7) is 3.47. The first-order valence-corrected chi connectivity index (χ1v) is 7.13. The molecule has 0 saturated heterocycles. The summed E-state index contributed by atoms with van der Waals surface area (Å²) in [5.74, 6) is 0. The molecule has 0 heterocycles. The van der Waals surface area contributed by atoms with E-state index in [1.54, 1.807) is 9.80 Å². The molecule has 0 aliphatic rings. The van der Waals surface area contributed by atoms with Crippen LogP contribution in [0, 0.1) is 0 Å². The predicted octanol–water partition coefficient (Wildman–Crippen LogP) is -1.58. The molecule has 0 spiro atoms. The summed E-state index contributed by atoms with van der Waals surface area (Å²) in [6.07, 6.45) is 2.99. The third-order valence-electron chi connectivity index (χ3n) is 2.81. The van der Waals surface area contributed by atoms with Crippen LogP contribution in [0.15, 0.2) is 0 Å². The largest absolute Gasteiger partial charge is 0.378 e. The lowest BCUT2D eigenvalue weighted by molar-refractivity contribution is -0.113. The van der Waals surface area contributed by atoms with Crippen molar-refractivity contribution < 1.29 is 28.7 Å². The molecular formula is C14H24N2O6. The molecule has 8 heteroatoms. The molecule has 0 aromatic carbocycles. The van der Waals surface area contributed by atoms with E-state index in [0.29, 0.717) is 39.5 Å². The second-order valence-corrected chi connectivity index (χ2v) is 4.41. The van der Waals surface area contributed by atoms with Crippen LogP contribution in [-0.4, -0.2) is 101 Å². The lowest BCUT2D eigenvalue weighted by atomic mass is 10.5. The fourth-order valence-corrected chi connectivity index (χ4v) is 1.65. The van der Waals surface area contributed by atoms with Gasteiger partial charge in [-0.3, -0.25) is 9.80 Å². The van der Waals surface area contributed by atoms with Crippen molar-refractivity contribution in [3.8, 4) is 0 Å². The number of carbonyl (C=O) groups is 4. The van der Waals surface area contributed by atoms with Gasteiger partial charge in [-0.1, -0.05) is 0 Å². The topological polar surface area (TPSA) is 93.2 Å². The Balaban J connectivity index is 3.52. The zero-order chi connectivity index (χ0) is 16.5. The molecule has 8 nitrogen and oxygen atoms in total. The van der Waals surface area contributed by atoms with Gasteiger partial charge in [0.05, 0.1) is 52.6 Å². The van der Waals surface area contributed by atoms with Crippen LogP contribution in [0.5, 0.6) is 0 Å². The lowest BCUT2D eigenvalue weighted by Crippen LogP contribution is -2.32. The van der Waals surface area contributed by atoms with Crippen LogP contribution in [0.1, 0.15) is 0 Å². The van der Waals surface area contributed by atoms with Crippen molar-refractivity contribution in [3.63, 3.8) is 0 Å². The van der Waals surface area contributed by atoms with Crippen molar-refractivity contribution in [2.45, 2.75) is 0 Å². The predicted molar refractivity (Wildman–Crippen MR) is 78.8 cm³/mol. The number of carbonyl (C=O) groups excluding carboxylic acids is 4. The molecule has 0 aromatic rings. The molecule has 22 heavy (non-hydrogen) atoms. The van der Waals surface area contributed by atoms with Crippen LogP contribution in [0.3, 0.4) is 0 Å². The number of hydrogen-bond acceptors (Lipinski definition) is 8. The number of hydrogen-bond donors (Lipinski definition) is 0. The van der Waals surface area contributed by atoms with Gasteiger partial charge >= 0.3 is 0 Å². The van der Waals surface area contributed by atoms with Gasteiger partial charge in [0.1, 0.15) is 25.1 Å². The zero-order valence-electron chi connectivity index (χ0n) is 12.7. The summed E-state index contributed by atoms with van der Waals surface area (Å²) in [7, 11) is 0. The van der Waals surface area contributed by atoms with Gasteiger partial charge in [-0.05, 0) is 0 Å².